The molecule has 0 saturated carbocycles. The number of hydrogen-bond donors (Lipinski definition) is 2. The summed E-state index contributed by atoms with van der Waals surface area (Å²) in [7, 11) is 0.0120. The highest BCUT2D eigenvalue weighted by Gasteiger charge is 1.99. The molecule has 214 valence electrons. The van der Waals surface area contributed by atoms with E-state index in [-0.39, 0.29) is 9.68 Å². The average molecular weight is 545 g/mol. The highest BCUT2D eigenvalue weighted by Crippen LogP contribution is 2.14. The van der Waals surface area contributed by atoms with E-state index in [1.165, 1.54) is 68.1 Å². The summed E-state index contributed by atoms with van der Waals surface area (Å²) >= 11 is 0. The molecule has 0 saturated heterocycles. The van der Waals surface area contributed by atoms with Gasteiger partial charge in [0, 0.05) is 5.69 Å². The predicted molar refractivity (Wildman–Crippen MR) is 161 cm³/mol. The molecule has 7 heteroatoms. The van der Waals surface area contributed by atoms with Crippen molar-refractivity contribution in [1.29, 1.82) is 0 Å². The summed E-state index contributed by atoms with van der Waals surface area (Å²) in [5, 5.41) is 3.24. The number of nitrogens with one attached hydrogen (secondary N) is 2. The molecule has 0 aromatic heterocycles. The van der Waals surface area contributed by atoms with Gasteiger partial charge in [-0.25, -0.2) is 19.6 Å². The van der Waals surface area contributed by atoms with Crippen LogP contribution in [0.2, 0.25) is 6.55 Å². The Balaban J connectivity index is 1.29. The SMILES string of the molecule is C[SiH2]NCCCCCOOCCCCCCCCCCOOCNc1ccc(Cc2ccc(C)cc2)cc1. The molecule has 0 atom stereocenters. The highest BCUT2D eigenvalue weighted by atomic mass is 28.2. The van der Waals surface area contributed by atoms with E-state index >= 15 is 0 Å². The molecule has 0 aliphatic rings. The van der Waals surface area contributed by atoms with E-state index in [1.54, 1.807) is 0 Å². The van der Waals surface area contributed by atoms with Crippen LogP contribution in [0.5, 0.6) is 0 Å². The topological polar surface area (TPSA) is 61.0 Å². The van der Waals surface area contributed by atoms with Crippen molar-refractivity contribution in [3.63, 3.8) is 0 Å². The number of benzene rings is 2. The predicted octanol–water partition coefficient (Wildman–Crippen LogP) is 6.86. The van der Waals surface area contributed by atoms with Crippen LogP contribution in [-0.4, -0.2) is 42.8 Å². The van der Waals surface area contributed by atoms with Crippen LogP contribution in [-0.2, 0) is 26.0 Å². The van der Waals surface area contributed by atoms with E-state index in [0.717, 1.165) is 44.5 Å². The average Bonchev–Trinajstić information content (AvgIpc) is 2.93. The third kappa shape index (κ3) is 17.7. The summed E-state index contributed by atoms with van der Waals surface area (Å²) in [5.41, 5.74) is 4.96. The Morgan fingerprint density at radius 2 is 1.05 bits per heavy atom. The van der Waals surface area contributed by atoms with Crippen molar-refractivity contribution in [3.8, 4) is 0 Å². The summed E-state index contributed by atoms with van der Waals surface area (Å²) in [4.78, 5) is 24.6. The van der Waals surface area contributed by atoms with Crippen molar-refractivity contribution in [3.05, 3.63) is 65.2 Å². The smallest absolute Gasteiger partial charge is 0.151 e. The third-order valence-electron chi connectivity index (χ3n) is 6.52. The maximum atomic E-state index is 5.31. The van der Waals surface area contributed by atoms with Crippen LogP contribution in [0.1, 0.15) is 87.3 Å². The Labute approximate surface area is 233 Å². The highest BCUT2D eigenvalue weighted by molar-refractivity contribution is 6.29. The largest absolute Gasteiger partial charge is 0.360 e. The van der Waals surface area contributed by atoms with Crippen molar-refractivity contribution in [2.45, 2.75) is 90.5 Å². The van der Waals surface area contributed by atoms with E-state index in [0.29, 0.717) is 19.9 Å². The van der Waals surface area contributed by atoms with Gasteiger partial charge in [0.05, 0.1) is 29.5 Å². The van der Waals surface area contributed by atoms with E-state index in [2.05, 4.69) is 72.3 Å². The molecule has 0 amide bonds. The van der Waals surface area contributed by atoms with E-state index in [1.807, 2.05) is 0 Å². The van der Waals surface area contributed by atoms with Crippen LogP contribution in [0.3, 0.4) is 0 Å². The van der Waals surface area contributed by atoms with Gasteiger partial charge in [0.2, 0.25) is 0 Å². The quantitative estimate of drug-likeness (QED) is 0.0468. The Kier molecular flexibility index (Phi) is 19.8. The Morgan fingerprint density at radius 1 is 0.579 bits per heavy atom. The van der Waals surface area contributed by atoms with Crippen LogP contribution < -0.4 is 10.3 Å². The van der Waals surface area contributed by atoms with Crippen LogP contribution in [0.4, 0.5) is 5.69 Å². The Hall–Kier alpha value is -1.74. The summed E-state index contributed by atoms with van der Waals surface area (Å²) in [6.07, 6.45) is 14.1. The first-order valence-corrected chi connectivity index (χ1v) is 17.0. The monoisotopic (exact) mass is 544 g/mol. The summed E-state index contributed by atoms with van der Waals surface area (Å²) in [6.45, 7) is 7.99. The zero-order valence-corrected chi connectivity index (χ0v) is 25.4. The second-order valence-electron chi connectivity index (χ2n) is 10.0. The van der Waals surface area contributed by atoms with Crippen molar-refractivity contribution in [2.24, 2.45) is 0 Å². The van der Waals surface area contributed by atoms with E-state index in [4.69, 9.17) is 19.6 Å². The zero-order valence-electron chi connectivity index (χ0n) is 24.0. The van der Waals surface area contributed by atoms with Gasteiger partial charge in [-0.1, -0.05) is 87.0 Å². The second kappa shape index (κ2) is 23.2. The number of rotatable bonds is 25. The summed E-state index contributed by atoms with van der Waals surface area (Å²) in [5.74, 6) is 0. The van der Waals surface area contributed by atoms with Crippen LogP contribution in [0.25, 0.3) is 0 Å². The van der Waals surface area contributed by atoms with Crippen molar-refractivity contribution in [2.75, 3.05) is 38.4 Å². The fraction of sp³-hybridized carbons (Fsp3) is 0.613. The lowest BCUT2D eigenvalue weighted by Gasteiger charge is -2.08. The Bertz CT molecular complexity index is 789. The number of hydrogen-bond acceptors (Lipinski definition) is 6. The first-order chi connectivity index (χ1) is 18.8. The van der Waals surface area contributed by atoms with Gasteiger partial charge in [-0.3, -0.25) is 0 Å². The standard InChI is InChI=1S/C31H52N2O4Si/c1-28-14-16-29(17-15-28)26-30-18-20-31(21-19-30)32-27-37-36-25-12-8-6-4-3-5-7-11-23-34-35-24-13-9-10-22-33-38-2/h14-21,32-33H,3-13,22-27,38H2,1-2H3. The van der Waals surface area contributed by atoms with E-state index in [9.17, 15) is 0 Å². The molecule has 2 rings (SSSR count). The zero-order chi connectivity index (χ0) is 26.9. The molecule has 0 unspecified atom stereocenters. The minimum atomic E-state index is 0.0120. The third-order valence-corrected chi connectivity index (χ3v) is 7.37. The minimum Gasteiger partial charge on any atom is -0.360 e. The van der Waals surface area contributed by atoms with Gasteiger partial charge in [0.1, 0.15) is 0 Å². The van der Waals surface area contributed by atoms with Crippen molar-refractivity contribution in [1.82, 2.24) is 4.98 Å². The van der Waals surface area contributed by atoms with E-state index < -0.39 is 0 Å². The van der Waals surface area contributed by atoms with Gasteiger partial charge < -0.3 is 10.3 Å². The fourth-order valence-electron chi connectivity index (χ4n) is 4.16. The maximum absolute atomic E-state index is 5.31. The van der Waals surface area contributed by atoms with Gasteiger partial charge in [-0.15, -0.1) is 0 Å². The molecule has 0 spiro atoms. The lowest BCUT2D eigenvalue weighted by molar-refractivity contribution is -0.295. The number of aryl methyl sites for hydroxylation is 1. The van der Waals surface area contributed by atoms with Crippen LogP contribution >= 0.6 is 0 Å². The second-order valence-corrected chi connectivity index (χ2v) is 11.2. The molecule has 2 aromatic rings. The Morgan fingerprint density at radius 3 is 1.61 bits per heavy atom. The van der Waals surface area contributed by atoms with Gasteiger partial charge in [-0.2, -0.15) is 0 Å². The number of unbranched alkanes of at least 4 members (excludes halogenated alkanes) is 9. The number of anilines is 1. The molecule has 0 aliphatic carbocycles. The normalized spacial score (nSPS) is 11.5. The molecule has 6 nitrogen and oxygen atoms in total. The molecule has 38 heavy (non-hydrogen) atoms. The van der Waals surface area contributed by atoms with Crippen LogP contribution in [0, 0.1) is 6.92 Å². The van der Waals surface area contributed by atoms with Crippen LogP contribution in [0.15, 0.2) is 48.5 Å². The van der Waals surface area contributed by atoms with Crippen molar-refractivity contribution < 1.29 is 19.6 Å². The molecule has 2 aromatic carbocycles. The lowest BCUT2D eigenvalue weighted by atomic mass is 10.0. The molecule has 0 fully saturated rings. The van der Waals surface area contributed by atoms with Gasteiger partial charge >= 0.3 is 0 Å². The molecule has 0 aliphatic heterocycles. The summed E-state index contributed by atoms with van der Waals surface area (Å²) < 4.78 is 0. The lowest BCUT2D eigenvalue weighted by Crippen LogP contribution is -2.17. The van der Waals surface area contributed by atoms with Crippen molar-refractivity contribution >= 4 is 15.4 Å². The summed E-state index contributed by atoms with van der Waals surface area (Å²) in [6, 6.07) is 17.2. The first kappa shape index (κ1) is 32.5. The fourth-order valence-corrected chi connectivity index (χ4v) is 4.76. The molecule has 0 bridgehead atoms. The molecule has 2 N–H and O–H groups in total. The molecular weight excluding hydrogens is 492 g/mol. The van der Waals surface area contributed by atoms with Gasteiger partial charge in [-0.05, 0) is 75.3 Å². The maximum Gasteiger partial charge on any atom is 0.151 e. The van der Waals surface area contributed by atoms with Gasteiger partial charge in [0.25, 0.3) is 0 Å². The minimum absolute atomic E-state index is 0.0120. The van der Waals surface area contributed by atoms with Gasteiger partial charge in [0.15, 0.2) is 6.73 Å². The molecular formula is C31H52N2O4Si. The molecule has 0 heterocycles. The first-order valence-electron chi connectivity index (χ1n) is 14.9. The molecule has 0 radical (unpaired) electrons.